The summed E-state index contributed by atoms with van der Waals surface area (Å²) in [6.45, 7) is 4.62. The van der Waals surface area contributed by atoms with Crippen molar-refractivity contribution in [1.29, 1.82) is 0 Å². The van der Waals surface area contributed by atoms with Gasteiger partial charge in [0, 0.05) is 12.2 Å². The molecule has 86 valence electrons. The quantitative estimate of drug-likeness (QED) is 0.591. The maximum Gasteiger partial charge on any atom is 0.319 e. The third-order valence-electron chi connectivity index (χ3n) is 2.11. The number of allylic oxidation sites excluding steroid dienone is 1. The van der Waals surface area contributed by atoms with E-state index in [1.807, 2.05) is 50.3 Å². The fraction of sp³-hybridized carbons (Fsp3) is 0.308. The molecule has 0 bridgehead atoms. The van der Waals surface area contributed by atoms with Crippen LogP contribution in [0.4, 0.5) is 10.5 Å². The Morgan fingerprint density at radius 1 is 1.44 bits per heavy atom. The standard InChI is InChI=1S/C13H18N2O/c1-3-4-5-9-14-13(16)15-12-8-6-7-11(2)10-12/h3-4,6-8,10H,5,9H2,1-2H3,(H2,14,15,16)/b4-3+. The van der Waals surface area contributed by atoms with E-state index in [2.05, 4.69) is 10.6 Å². The van der Waals surface area contributed by atoms with Crippen LogP contribution >= 0.6 is 0 Å². The molecule has 0 fully saturated rings. The van der Waals surface area contributed by atoms with E-state index in [9.17, 15) is 4.79 Å². The van der Waals surface area contributed by atoms with Crippen LogP contribution in [0.2, 0.25) is 0 Å². The molecule has 0 unspecified atom stereocenters. The maximum atomic E-state index is 11.4. The van der Waals surface area contributed by atoms with Crippen molar-refractivity contribution in [2.24, 2.45) is 0 Å². The largest absolute Gasteiger partial charge is 0.338 e. The second kappa shape index (κ2) is 6.67. The van der Waals surface area contributed by atoms with Crippen molar-refractivity contribution in [1.82, 2.24) is 5.32 Å². The van der Waals surface area contributed by atoms with Crippen LogP contribution < -0.4 is 10.6 Å². The predicted molar refractivity (Wildman–Crippen MR) is 67.6 cm³/mol. The third kappa shape index (κ3) is 4.64. The van der Waals surface area contributed by atoms with E-state index in [0.29, 0.717) is 6.54 Å². The van der Waals surface area contributed by atoms with Crippen molar-refractivity contribution >= 4 is 11.7 Å². The van der Waals surface area contributed by atoms with E-state index in [4.69, 9.17) is 0 Å². The highest BCUT2D eigenvalue weighted by molar-refractivity contribution is 5.89. The highest BCUT2D eigenvalue weighted by atomic mass is 16.2. The van der Waals surface area contributed by atoms with Crippen LogP contribution in [0, 0.1) is 6.92 Å². The molecule has 0 atom stereocenters. The minimum Gasteiger partial charge on any atom is -0.338 e. The summed E-state index contributed by atoms with van der Waals surface area (Å²) in [4.78, 5) is 11.4. The molecule has 0 aliphatic carbocycles. The summed E-state index contributed by atoms with van der Waals surface area (Å²) in [5.41, 5.74) is 1.95. The summed E-state index contributed by atoms with van der Waals surface area (Å²) < 4.78 is 0. The lowest BCUT2D eigenvalue weighted by atomic mass is 10.2. The number of urea groups is 1. The van der Waals surface area contributed by atoms with Gasteiger partial charge in [0.2, 0.25) is 0 Å². The zero-order valence-electron chi connectivity index (χ0n) is 9.79. The molecule has 0 saturated heterocycles. The van der Waals surface area contributed by atoms with E-state index in [0.717, 1.165) is 17.7 Å². The molecule has 0 radical (unpaired) electrons. The fourth-order valence-corrected chi connectivity index (χ4v) is 1.33. The number of rotatable bonds is 4. The number of hydrogen-bond donors (Lipinski definition) is 2. The van der Waals surface area contributed by atoms with Crippen molar-refractivity contribution in [3.63, 3.8) is 0 Å². The summed E-state index contributed by atoms with van der Waals surface area (Å²) in [7, 11) is 0. The van der Waals surface area contributed by atoms with Crippen molar-refractivity contribution in [2.75, 3.05) is 11.9 Å². The summed E-state index contributed by atoms with van der Waals surface area (Å²) in [6.07, 6.45) is 4.85. The van der Waals surface area contributed by atoms with Gasteiger partial charge in [-0.05, 0) is 38.0 Å². The lowest BCUT2D eigenvalue weighted by Crippen LogP contribution is -2.29. The van der Waals surface area contributed by atoms with Crippen molar-refractivity contribution in [2.45, 2.75) is 20.3 Å². The van der Waals surface area contributed by atoms with Crippen LogP contribution in [0.3, 0.4) is 0 Å². The van der Waals surface area contributed by atoms with Gasteiger partial charge in [0.15, 0.2) is 0 Å². The van der Waals surface area contributed by atoms with Gasteiger partial charge < -0.3 is 10.6 Å². The third-order valence-corrected chi connectivity index (χ3v) is 2.11. The number of hydrogen-bond acceptors (Lipinski definition) is 1. The molecular weight excluding hydrogens is 200 g/mol. The van der Waals surface area contributed by atoms with Crippen molar-refractivity contribution in [3.05, 3.63) is 42.0 Å². The first-order chi connectivity index (χ1) is 7.72. The van der Waals surface area contributed by atoms with Gasteiger partial charge in [0.25, 0.3) is 0 Å². The first-order valence-corrected chi connectivity index (χ1v) is 5.45. The van der Waals surface area contributed by atoms with Crippen LogP contribution in [-0.2, 0) is 0 Å². The highest BCUT2D eigenvalue weighted by Crippen LogP contribution is 2.08. The van der Waals surface area contributed by atoms with Gasteiger partial charge in [0.1, 0.15) is 0 Å². The summed E-state index contributed by atoms with van der Waals surface area (Å²) in [5, 5.41) is 5.57. The van der Waals surface area contributed by atoms with E-state index in [-0.39, 0.29) is 6.03 Å². The average Bonchev–Trinajstić information content (AvgIpc) is 2.24. The minimum absolute atomic E-state index is 0.157. The minimum atomic E-state index is -0.157. The molecule has 0 heterocycles. The molecule has 2 N–H and O–H groups in total. The Labute approximate surface area is 96.6 Å². The molecular formula is C13H18N2O. The molecule has 1 rings (SSSR count). The Morgan fingerprint density at radius 2 is 2.25 bits per heavy atom. The van der Waals surface area contributed by atoms with Gasteiger partial charge in [-0.3, -0.25) is 0 Å². The Hall–Kier alpha value is -1.77. The number of nitrogens with one attached hydrogen (secondary N) is 2. The summed E-state index contributed by atoms with van der Waals surface area (Å²) in [5.74, 6) is 0. The number of anilines is 1. The normalized spacial score (nSPS) is 10.4. The number of carbonyl (C=O) groups is 1. The molecule has 0 saturated carbocycles. The van der Waals surface area contributed by atoms with Crippen LogP contribution in [-0.4, -0.2) is 12.6 Å². The van der Waals surface area contributed by atoms with Crippen molar-refractivity contribution < 1.29 is 4.79 Å². The molecule has 0 spiro atoms. The van der Waals surface area contributed by atoms with Crippen molar-refractivity contribution in [3.8, 4) is 0 Å². The van der Waals surface area contributed by atoms with Crippen LogP contribution in [0.5, 0.6) is 0 Å². The second-order valence-corrected chi connectivity index (χ2v) is 3.61. The lowest BCUT2D eigenvalue weighted by Gasteiger charge is -2.06. The molecule has 1 aromatic rings. The van der Waals surface area contributed by atoms with Gasteiger partial charge in [-0.15, -0.1) is 0 Å². The molecule has 0 aromatic heterocycles. The second-order valence-electron chi connectivity index (χ2n) is 3.61. The molecule has 3 heteroatoms. The first-order valence-electron chi connectivity index (χ1n) is 5.45. The maximum absolute atomic E-state index is 11.4. The van der Waals surface area contributed by atoms with Gasteiger partial charge in [0.05, 0.1) is 0 Å². The molecule has 16 heavy (non-hydrogen) atoms. The molecule has 0 aliphatic heterocycles. The monoisotopic (exact) mass is 218 g/mol. The van der Waals surface area contributed by atoms with Crippen LogP contribution in [0.1, 0.15) is 18.9 Å². The predicted octanol–water partition coefficient (Wildman–Crippen LogP) is 3.08. The zero-order valence-corrected chi connectivity index (χ0v) is 9.79. The van der Waals surface area contributed by atoms with Gasteiger partial charge in [-0.25, -0.2) is 4.79 Å². The Balaban J connectivity index is 2.34. The van der Waals surface area contributed by atoms with Crippen LogP contribution in [0.15, 0.2) is 36.4 Å². The SMILES string of the molecule is C/C=C/CCNC(=O)Nc1cccc(C)c1. The number of amides is 2. The van der Waals surface area contributed by atoms with E-state index in [1.54, 1.807) is 0 Å². The molecule has 2 amide bonds. The van der Waals surface area contributed by atoms with Gasteiger partial charge in [-0.2, -0.15) is 0 Å². The Morgan fingerprint density at radius 3 is 2.94 bits per heavy atom. The smallest absolute Gasteiger partial charge is 0.319 e. The number of carbonyl (C=O) groups excluding carboxylic acids is 1. The number of aryl methyl sites for hydroxylation is 1. The number of benzene rings is 1. The van der Waals surface area contributed by atoms with E-state index >= 15 is 0 Å². The van der Waals surface area contributed by atoms with Crippen LogP contribution in [0.25, 0.3) is 0 Å². The zero-order chi connectivity index (χ0) is 11.8. The molecule has 0 aliphatic rings. The topological polar surface area (TPSA) is 41.1 Å². The first kappa shape index (κ1) is 12.3. The van der Waals surface area contributed by atoms with E-state index < -0.39 is 0 Å². The highest BCUT2D eigenvalue weighted by Gasteiger charge is 1.99. The molecule has 3 nitrogen and oxygen atoms in total. The Kier molecular flexibility index (Phi) is 5.12. The summed E-state index contributed by atoms with van der Waals surface area (Å²) >= 11 is 0. The molecule has 1 aromatic carbocycles. The Bertz CT molecular complexity index is 372. The van der Waals surface area contributed by atoms with E-state index in [1.165, 1.54) is 0 Å². The summed E-state index contributed by atoms with van der Waals surface area (Å²) in [6, 6.07) is 7.57. The fourth-order valence-electron chi connectivity index (χ4n) is 1.33. The average molecular weight is 218 g/mol. The lowest BCUT2D eigenvalue weighted by molar-refractivity contribution is 0.252. The van der Waals surface area contributed by atoms with Gasteiger partial charge >= 0.3 is 6.03 Å². The van der Waals surface area contributed by atoms with Gasteiger partial charge in [-0.1, -0.05) is 24.3 Å².